The number of rotatable bonds is 7. The lowest BCUT2D eigenvalue weighted by atomic mass is 10.0. The van der Waals surface area contributed by atoms with Crippen LogP contribution in [0.25, 0.3) is 10.9 Å². The normalized spacial score (nSPS) is 14.7. The van der Waals surface area contributed by atoms with Crippen molar-refractivity contribution in [3.8, 4) is 0 Å². The van der Waals surface area contributed by atoms with Gasteiger partial charge in [0, 0.05) is 17.3 Å². The van der Waals surface area contributed by atoms with E-state index < -0.39 is 44.0 Å². The van der Waals surface area contributed by atoms with Crippen LogP contribution < -0.4 is 11.1 Å². The van der Waals surface area contributed by atoms with Crippen molar-refractivity contribution in [1.29, 1.82) is 5.41 Å². The van der Waals surface area contributed by atoms with Gasteiger partial charge in [0.05, 0.1) is 17.0 Å². The molecule has 7 nitrogen and oxygen atoms in total. The Bertz CT molecular complexity index is 1320. The number of benzene rings is 1. The van der Waals surface area contributed by atoms with E-state index >= 15 is 0 Å². The Morgan fingerprint density at radius 1 is 1.25 bits per heavy atom. The number of sulfone groups is 1. The molecule has 12 heteroatoms. The topological polar surface area (TPSA) is 122 Å². The van der Waals surface area contributed by atoms with E-state index in [2.05, 4.69) is 15.3 Å². The molecule has 3 aromatic rings. The van der Waals surface area contributed by atoms with Crippen LogP contribution in [0.5, 0.6) is 0 Å². The van der Waals surface area contributed by atoms with Crippen LogP contribution in [0.15, 0.2) is 36.7 Å². The van der Waals surface area contributed by atoms with E-state index in [0.29, 0.717) is 12.6 Å². The minimum absolute atomic E-state index is 0.0136. The Labute approximate surface area is 187 Å². The first-order valence-electron chi connectivity index (χ1n) is 9.25. The summed E-state index contributed by atoms with van der Waals surface area (Å²) in [7, 11) is -4.51. The van der Waals surface area contributed by atoms with Crippen molar-refractivity contribution in [3.63, 3.8) is 0 Å². The van der Waals surface area contributed by atoms with Crippen molar-refractivity contribution in [2.45, 2.75) is 24.8 Å². The number of aromatic nitrogens is 2. The van der Waals surface area contributed by atoms with Crippen LogP contribution in [0.1, 0.15) is 25.3 Å². The second-order valence-corrected chi connectivity index (χ2v) is 10.1. The monoisotopic (exact) mass is 485 g/mol. The first-order chi connectivity index (χ1) is 14.8. The van der Waals surface area contributed by atoms with Gasteiger partial charge in [-0.1, -0.05) is 18.5 Å². The summed E-state index contributed by atoms with van der Waals surface area (Å²) < 4.78 is 67.7. The molecule has 0 radical (unpaired) electrons. The molecule has 0 aliphatic carbocycles. The maximum absolute atomic E-state index is 14.5. The third kappa shape index (κ3) is 4.49. The van der Waals surface area contributed by atoms with Gasteiger partial charge in [-0.25, -0.2) is 26.6 Å². The Kier molecular flexibility index (Phi) is 6.34. The van der Waals surface area contributed by atoms with Gasteiger partial charge in [-0.3, -0.25) is 10.4 Å². The van der Waals surface area contributed by atoms with Crippen LogP contribution in [0.2, 0.25) is 5.02 Å². The zero-order valence-electron chi connectivity index (χ0n) is 17.0. The molecule has 170 valence electrons. The summed E-state index contributed by atoms with van der Waals surface area (Å²) in [6.45, 7) is 2.08. The number of hydrogen-bond donors (Lipinski definition) is 3. The number of anilines is 2. The quantitative estimate of drug-likeness (QED) is 0.336. The third-order valence-electron chi connectivity index (χ3n) is 4.97. The molecule has 0 saturated heterocycles. The molecule has 2 heterocycles. The Morgan fingerprint density at radius 3 is 2.59 bits per heavy atom. The van der Waals surface area contributed by atoms with E-state index in [9.17, 15) is 21.6 Å². The average molecular weight is 486 g/mol. The molecule has 0 unspecified atom stereocenters. The van der Waals surface area contributed by atoms with E-state index in [1.165, 1.54) is 31.3 Å². The molecule has 4 N–H and O–H groups in total. The molecular formula is C20H19ClF3N5O2S. The molecule has 0 aliphatic heterocycles. The van der Waals surface area contributed by atoms with Gasteiger partial charge in [0.1, 0.15) is 17.2 Å². The second-order valence-electron chi connectivity index (χ2n) is 7.38. The summed E-state index contributed by atoms with van der Waals surface area (Å²) in [5.41, 5.74) is 5.56. The minimum atomic E-state index is -4.51. The number of alkyl halides is 1. The third-order valence-corrected chi connectivity index (χ3v) is 7.50. The van der Waals surface area contributed by atoms with E-state index in [0.717, 1.165) is 12.3 Å². The van der Waals surface area contributed by atoms with Gasteiger partial charge < -0.3 is 11.1 Å². The number of pyridine rings is 2. The zero-order valence-corrected chi connectivity index (χ0v) is 18.5. The van der Waals surface area contributed by atoms with Crippen LogP contribution in [-0.2, 0) is 9.84 Å². The van der Waals surface area contributed by atoms with Gasteiger partial charge in [0.2, 0.25) is 0 Å². The number of nitrogens with one attached hydrogen (secondary N) is 2. The maximum Gasteiger partial charge on any atom is 0.263 e. The standard InChI is InChI=1S/C20H19ClF3N5O2S/c1-10(9-32(30,31)20(2,24)19(25)26)13-6-12(3-4-15(13)22)29-18-17-14(16(23)8-28-18)5-11(21)7-27-17/h3-8,10H,9H2,1-2H3,(H3,25,26)(H,28,29)/t10-,20-/m1/s1. The highest BCUT2D eigenvalue weighted by atomic mass is 35.5. The van der Waals surface area contributed by atoms with Crippen molar-refractivity contribution in [2.75, 3.05) is 11.1 Å². The summed E-state index contributed by atoms with van der Waals surface area (Å²) >= 11 is 5.87. The Hall–Kier alpha value is -2.92. The van der Waals surface area contributed by atoms with Crippen LogP contribution >= 0.6 is 11.6 Å². The van der Waals surface area contributed by atoms with Gasteiger partial charge in [-0.05, 0) is 42.7 Å². The number of halogens is 4. The van der Waals surface area contributed by atoms with Gasteiger partial charge in [-0.2, -0.15) is 0 Å². The van der Waals surface area contributed by atoms with Gasteiger partial charge in [-0.15, -0.1) is 0 Å². The number of amidine groups is 1. The SMILES string of the molecule is C[C@H](CS(=O)(=O)[C@@](C)(F)C(=N)N)c1cc(Nc2ncc(F)c3cc(Cl)cnc23)ccc1F. The van der Waals surface area contributed by atoms with Crippen molar-refractivity contribution in [3.05, 3.63) is 58.9 Å². The fraction of sp³-hybridized carbons (Fsp3) is 0.250. The first-order valence-corrected chi connectivity index (χ1v) is 11.3. The molecule has 32 heavy (non-hydrogen) atoms. The predicted molar refractivity (Wildman–Crippen MR) is 118 cm³/mol. The van der Waals surface area contributed by atoms with Crippen LogP contribution in [0.3, 0.4) is 0 Å². The molecule has 0 saturated carbocycles. The lowest BCUT2D eigenvalue weighted by Crippen LogP contribution is -2.45. The molecule has 0 fully saturated rings. The molecule has 0 amide bonds. The predicted octanol–water partition coefficient (Wildman–Crippen LogP) is 4.44. The molecule has 1 aromatic carbocycles. The number of fused-ring (bicyclic) bond motifs is 1. The van der Waals surface area contributed by atoms with E-state index in [1.807, 2.05) is 0 Å². The Morgan fingerprint density at radius 2 is 1.94 bits per heavy atom. The average Bonchev–Trinajstić information content (AvgIpc) is 2.71. The highest BCUT2D eigenvalue weighted by molar-refractivity contribution is 7.93. The molecule has 0 bridgehead atoms. The van der Waals surface area contributed by atoms with Gasteiger partial charge >= 0.3 is 0 Å². The van der Waals surface area contributed by atoms with Crippen LogP contribution in [0.4, 0.5) is 24.7 Å². The van der Waals surface area contributed by atoms with Crippen LogP contribution in [0, 0.1) is 17.0 Å². The summed E-state index contributed by atoms with van der Waals surface area (Å²) in [5.74, 6) is -4.06. The highest BCUT2D eigenvalue weighted by Gasteiger charge is 2.43. The summed E-state index contributed by atoms with van der Waals surface area (Å²) in [6.07, 6.45) is 2.30. The van der Waals surface area contributed by atoms with Gasteiger partial charge in [0.25, 0.3) is 5.00 Å². The number of nitrogens with zero attached hydrogens (tertiary/aromatic N) is 2. The van der Waals surface area contributed by atoms with Crippen molar-refractivity contribution < 1.29 is 21.6 Å². The largest absolute Gasteiger partial charge is 0.384 e. The number of hydrogen-bond acceptors (Lipinski definition) is 6. The smallest absolute Gasteiger partial charge is 0.263 e. The fourth-order valence-electron chi connectivity index (χ4n) is 3.03. The fourth-order valence-corrected chi connectivity index (χ4v) is 4.68. The molecule has 2 atom stereocenters. The Balaban J connectivity index is 1.94. The van der Waals surface area contributed by atoms with Crippen molar-refractivity contribution in [1.82, 2.24) is 9.97 Å². The lowest BCUT2D eigenvalue weighted by molar-refractivity contribution is 0.375. The van der Waals surface area contributed by atoms with E-state index in [1.54, 1.807) is 0 Å². The summed E-state index contributed by atoms with van der Waals surface area (Å²) in [5, 5.41) is 7.38. The highest BCUT2D eigenvalue weighted by Crippen LogP contribution is 2.31. The second kappa shape index (κ2) is 8.55. The lowest BCUT2D eigenvalue weighted by Gasteiger charge is -2.22. The van der Waals surface area contributed by atoms with Crippen LogP contribution in [-0.4, -0.2) is 35.0 Å². The van der Waals surface area contributed by atoms with Crippen molar-refractivity contribution >= 4 is 49.7 Å². The molecular weight excluding hydrogens is 467 g/mol. The summed E-state index contributed by atoms with van der Waals surface area (Å²) in [6, 6.07) is 5.21. The number of nitrogens with two attached hydrogens (primary N) is 1. The minimum Gasteiger partial charge on any atom is -0.384 e. The molecule has 0 spiro atoms. The maximum atomic E-state index is 14.5. The summed E-state index contributed by atoms with van der Waals surface area (Å²) in [4.78, 5) is 8.05. The van der Waals surface area contributed by atoms with Crippen molar-refractivity contribution in [2.24, 2.45) is 5.73 Å². The van der Waals surface area contributed by atoms with E-state index in [-0.39, 0.29) is 27.3 Å². The molecule has 0 aliphatic rings. The van der Waals surface area contributed by atoms with Gasteiger partial charge in [0.15, 0.2) is 21.5 Å². The molecule has 3 rings (SSSR count). The van der Waals surface area contributed by atoms with E-state index in [4.69, 9.17) is 22.7 Å². The molecule has 2 aromatic heterocycles. The zero-order chi connectivity index (χ0) is 23.8. The first kappa shape index (κ1) is 23.7.